The number of aromatic hydroxyl groups is 1. The van der Waals surface area contributed by atoms with Gasteiger partial charge in [0.1, 0.15) is 5.75 Å². The number of amides is 4. The van der Waals surface area contributed by atoms with Gasteiger partial charge in [0.05, 0.1) is 27.7 Å². The van der Waals surface area contributed by atoms with Crippen molar-refractivity contribution in [3.05, 3.63) is 111 Å². The molecule has 5 aromatic rings. The third kappa shape index (κ3) is 8.63. The van der Waals surface area contributed by atoms with E-state index in [0.717, 1.165) is 39.2 Å². The number of hydrogen-bond acceptors (Lipinski definition) is 9. The first-order valence-electron chi connectivity index (χ1n) is 17.5. The number of carbonyl (C=O) groups excluding carboxylic acids is 4. The summed E-state index contributed by atoms with van der Waals surface area (Å²) < 4.78 is 5.38. The lowest BCUT2D eigenvalue weighted by atomic mass is 9.96. The number of hydrogen-bond donors (Lipinski definition) is 4. The Morgan fingerprint density at radius 1 is 0.962 bits per heavy atom. The van der Waals surface area contributed by atoms with E-state index in [2.05, 4.69) is 50.4 Å². The minimum Gasteiger partial charge on any atom is -0.507 e. The van der Waals surface area contributed by atoms with Gasteiger partial charge in [-0.05, 0) is 78.6 Å². The van der Waals surface area contributed by atoms with Crippen LogP contribution in [0.25, 0.3) is 21.8 Å². The molecule has 6 rings (SSSR count). The van der Waals surface area contributed by atoms with Crippen LogP contribution in [-0.4, -0.2) is 71.0 Å². The summed E-state index contributed by atoms with van der Waals surface area (Å²) in [5, 5.41) is 23.2. The number of carbonyl (C=O) groups is 4. The standard InChI is InChI=1S/C40H42N6O6S/c1-23(25-6-9-27(10-7-25)37-24(2)43-22-53-37)18-36(48)41-16-5-17-42-38(49)29-11-8-26-13-15-32(31(26)19-29)44-39(50)33-21-35(52-45-33)28-12-14-30(34(47)20-28)40(51)46(3)4/h6-12,14,19-23,32,47H,5,13,15-18H2,1-4H3,(H,41,48)(H,42,49)(H,44,50)/t23-,32+/m0/s1. The fourth-order valence-corrected chi connectivity index (χ4v) is 7.19. The summed E-state index contributed by atoms with van der Waals surface area (Å²) in [5.41, 5.74) is 8.16. The van der Waals surface area contributed by atoms with Crippen molar-refractivity contribution in [2.75, 3.05) is 27.2 Å². The van der Waals surface area contributed by atoms with Gasteiger partial charge in [-0.2, -0.15) is 0 Å². The van der Waals surface area contributed by atoms with Crippen LogP contribution in [-0.2, 0) is 11.2 Å². The lowest BCUT2D eigenvalue weighted by molar-refractivity contribution is -0.121. The Morgan fingerprint density at radius 2 is 1.72 bits per heavy atom. The van der Waals surface area contributed by atoms with Crippen LogP contribution in [0.5, 0.6) is 5.75 Å². The van der Waals surface area contributed by atoms with Gasteiger partial charge in [0.2, 0.25) is 5.91 Å². The number of fused-ring (bicyclic) bond motifs is 1. The maximum Gasteiger partial charge on any atom is 0.273 e. The first kappa shape index (κ1) is 37.0. The second-order valence-corrected chi connectivity index (χ2v) is 14.3. The van der Waals surface area contributed by atoms with Crippen LogP contribution in [0.1, 0.15) is 91.7 Å². The van der Waals surface area contributed by atoms with E-state index in [1.54, 1.807) is 37.6 Å². The molecular weight excluding hydrogens is 693 g/mol. The first-order valence-corrected chi connectivity index (χ1v) is 18.4. The van der Waals surface area contributed by atoms with Crippen LogP contribution < -0.4 is 16.0 Å². The molecule has 274 valence electrons. The number of benzene rings is 3. The third-order valence-corrected chi connectivity index (χ3v) is 10.4. The molecule has 0 radical (unpaired) electrons. The smallest absolute Gasteiger partial charge is 0.273 e. The van der Waals surface area contributed by atoms with Crippen molar-refractivity contribution >= 4 is 35.0 Å². The van der Waals surface area contributed by atoms with Crippen LogP contribution in [0.2, 0.25) is 0 Å². The van der Waals surface area contributed by atoms with Crippen molar-refractivity contribution in [3.8, 4) is 27.5 Å². The fourth-order valence-electron chi connectivity index (χ4n) is 6.38. The summed E-state index contributed by atoms with van der Waals surface area (Å²) in [7, 11) is 3.19. The van der Waals surface area contributed by atoms with Crippen molar-refractivity contribution in [3.63, 3.8) is 0 Å². The highest BCUT2D eigenvalue weighted by molar-refractivity contribution is 7.13. The average Bonchev–Trinajstić information content (AvgIpc) is 3.91. The molecule has 0 saturated heterocycles. The van der Waals surface area contributed by atoms with Gasteiger partial charge in [0, 0.05) is 50.8 Å². The molecule has 2 aromatic heterocycles. The van der Waals surface area contributed by atoms with E-state index in [1.807, 2.05) is 31.5 Å². The molecule has 0 fully saturated rings. The van der Waals surface area contributed by atoms with Gasteiger partial charge in [-0.1, -0.05) is 48.5 Å². The van der Waals surface area contributed by atoms with E-state index in [9.17, 15) is 24.3 Å². The fraction of sp³-hybridized carbons (Fsp3) is 0.300. The Kier molecular flexibility index (Phi) is 11.3. The van der Waals surface area contributed by atoms with E-state index < -0.39 is 5.91 Å². The van der Waals surface area contributed by atoms with Crippen molar-refractivity contribution in [2.45, 2.75) is 51.5 Å². The van der Waals surface area contributed by atoms with Gasteiger partial charge in [0.15, 0.2) is 11.5 Å². The van der Waals surface area contributed by atoms with Crippen molar-refractivity contribution < 1.29 is 28.8 Å². The van der Waals surface area contributed by atoms with Gasteiger partial charge in [0.25, 0.3) is 17.7 Å². The molecule has 2 heterocycles. The Morgan fingerprint density at radius 3 is 2.43 bits per heavy atom. The van der Waals surface area contributed by atoms with E-state index in [4.69, 9.17) is 4.52 Å². The summed E-state index contributed by atoms with van der Waals surface area (Å²) >= 11 is 1.62. The van der Waals surface area contributed by atoms with Crippen LogP contribution in [0, 0.1) is 6.92 Å². The minimum absolute atomic E-state index is 0.0361. The molecule has 0 unspecified atom stereocenters. The number of phenols is 1. The second kappa shape index (κ2) is 16.2. The molecule has 0 spiro atoms. The molecule has 13 heteroatoms. The quantitative estimate of drug-likeness (QED) is 0.107. The summed E-state index contributed by atoms with van der Waals surface area (Å²) in [6, 6.07) is 19.4. The van der Waals surface area contributed by atoms with Gasteiger partial charge in [-0.15, -0.1) is 11.3 Å². The minimum atomic E-state index is -0.437. The summed E-state index contributed by atoms with van der Waals surface area (Å²) in [6.07, 6.45) is 2.37. The highest BCUT2D eigenvalue weighted by Crippen LogP contribution is 2.33. The number of phenolic OH excluding ortho intramolecular Hbond substituents is 1. The van der Waals surface area contributed by atoms with Crippen LogP contribution in [0.4, 0.5) is 0 Å². The zero-order valence-electron chi connectivity index (χ0n) is 30.1. The van der Waals surface area contributed by atoms with Gasteiger partial charge in [-0.25, -0.2) is 4.98 Å². The van der Waals surface area contributed by atoms with E-state index in [-0.39, 0.29) is 52.4 Å². The second-order valence-electron chi connectivity index (χ2n) is 13.4. The van der Waals surface area contributed by atoms with Gasteiger partial charge in [-0.3, -0.25) is 19.2 Å². The monoisotopic (exact) mass is 734 g/mol. The predicted octanol–water partition coefficient (Wildman–Crippen LogP) is 6.03. The van der Waals surface area contributed by atoms with E-state index in [1.165, 1.54) is 23.1 Å². The summed E-state index contributed by atoms with van der Waals surface area (Å²) in [4.78, 5) is 57.9. The molecule has 1 aliphatic carbocycles. The Labute approximate surface area is 311 Å². The lowest BCUT2D eigenvalue weighted by Crippen LogP contribution is -2.30. The Bertz CT molecular complexity index is 2140. The summed E-state index contributed by atoms with van der Waals surface area (Å²) in [6.45, 7) is 4.87. The summed E-state index contributed by atoms with van der Waals surface area (Å²) in [5.74, 6) is -0.929. The number of rotatable bonds is 13. The number of nitrogens with one attached hydrogen (secondary N) is 3. The maximum absolute atomic E-state index is 13.2. The van der Waals surface area contributed by atoms with Crippen molar-refractivity contribution in [2.24, 2.45) is 0 Å². The van der Waals surface area contributed by atoms with Crippen LogP contribution >= 0.6 is 11.3 Å². The van der Waals surface area contributed by atoms with E-state index >= 15 is 0 Å². The predicted molar refractivity (Wildman–Crippen MR) is 202 cm³/mol. The first-order chi connectivity index (χ1) is 25.5. The molecule has 4 N–H and O–H groups in total. The topological polar surface area (TPSA) is 167 Å². The van der Waals surface area contributed by atoms with Crippen molar-refractivity contribution in [1.29, 1.82) is 0 Å². The van der Waals surface area contributed by atoms with E-state index in [0.29, 0.717) is 43.5 Å². The zero-order valence-corrected chi connectivity index (χ0v) is 30.9. The largest absolute Gasteiger partial charge is 0.507 e. The van der Waals surface area contributed by atoms with Crippen LogP contribution in [0.3, 0.4) is 0 Å². The molecule has 0 saturated carbocycles. The zero-order chi connectivity index (χ0) is 37.6. The molecular formula is C40H42N6O6S. The number of nitrogens with zero attached hydrogens (tertiary/aromatic N) is 3. The molecule has 0 aliphatic heterocycles. The molecule has 2 atom stereocenters. The SMILES string of the molecule is Cc1ncsc1-c1ccc([C@@H](C)CC(=O)NCCCNC(=O)c2ccc3c(c2)[C@H](NC(=O)c2cc(-c4ccc(C(=O)N(C)C)c(O)c4)on2)CC3)cc1. The van der Waals surface area contributed by atoms with Gasteiger partial charge < -0.3 is 30.5 Å². The van der Waals surface area contributed by atoms with Crippen molar-refractivity contribution in [1.82, 2.24) is 31.0 Å². The number of aryl methyl sites for hydroxylation is 2. The highest BCUT2D eigenvalue weighted by atomic mass is 32.1. The lowest BCUT2D eigenvalue weighted by Gasteiger charge is -2.14. The third-order valence-electron chi connectivity index (χ3n) is 9.39. The van der Waals surface area contributed by atoms with Gasteiger partial charge >= 0.3 is 0 Å². The molecule has 0 bridgehead atoms. The Balaban J connectivity index is 0.953. The molecule has 53 heavy (non-hydrogen) atoms. The highest BCUT2D eigenvalue weighted by Gasteiger charge is 2.27. The van der Waals surface area contributed by atoms with Crippen LogP contribution in [0.15, 0.2) is 76.8 Å². The normalized spacial score (nSPS) is 13.9. The molecule has 1 aliphatic rings. The number of thiazole rings is 1. The average molecular weight is 735 g/mol. The Hall–Kier alpha value is -5.82. The molecule has 12 nitrogen and oxygen atoms in total. The number of aromatic nitrogens is 2. The molecule has 3 aromatic carbocycles. The molecule has 4 amide bonds. The maximum atomic E-state index is 13.2.